The average molecular weight is 417 g/mol. The molecular weight excluding hydrogens is 388 g/mol. The summed E-state index contributed by atoms with van der Waals surface area (Å²) in [6.45, 7) is 4.84. The van der Waals surface area contributed by atoms with Gasteiger partial charge < -0.3 is 9.64 Å². The molecule has 1 aliphatic rings. The van der Waals surface area contributed by atoms with Crippen molar-refractivity contribution in [1.82, 2.24) is 0 Å². The molecule has 0 bridgehead atoms. The van der Waals surface area contributed by atoms with E-state index in [4.69, 9.17) is 4.74 Å². The number of anilines is 2. The van der Waals surface area contributed by atoms with Crippen molar-refractivity contribution in [3.8, 4) is 5.75 Å². The van der Waals surface area contributed by atoms with Gasteiger partial charge in [0.1, 0.15) is 11.8 Å². The monoisotopic (exact) mass is 416 g/mol. The zero-order chi connectivity index (χ0) is 21.0. The van der Waals surface area contributed by atoms with Crippen molar-refractivity contribution in [1.29, 1.82) is 0 Å². The van der Waals surface area contributed by atoms with E-state index >= 15 is 0 Å². The van der Waals surface area contributed by atoms with E-state index in [1.807, 2.05) is 38.1 Å². The molecule has 29 heavy (non-hydrogen) atoms. The van der Waals surface area contributed by atoms with Crippen LogP contribution in [0.2, 0.25) is 0 Å². The van der Waals surface area contributed by atoms with Gasteiger partial charge in [0.05, 0.1) is 18.6 Å². The van der Waals surface area contributed by atoms with Crippen molar-refractivity contribution >= 4 is 27.3 Å². The molecular formula is C22H28N2O4S. The van der Waals surface area contributed by atoms with Gasteiger partial charge in [-0.05, 0) is 62.1 Å². The van der Waals surface area contributed by atoms with Gasteiger partial charge in [-0.15, -0.1) is 0 Å². The van der Waals surface area contributed by atoms with Gasteiger partial charge in [-0.25, -0.2) is 8.42 Å². The van der Waals surface area contributed by atoms with Crippen molar-refractivity contribution in [3.63, 3.8) is 0 Å². The summed E-state index contributed by atoms with van der Waals surface area (Å²) in [6, 6.07) is 13.8. The van der Waals surface area contributed by atoms with Crippen LogP contribution in [0.3, 0.4) is 0 Å². The predicted octanol–water partition coefficient (Wildman–Crippen LogP) is 3.61. The lowest BCUT2D eigenvalue weighted by molar-refractivity contribution is -0.119. The summed E-state index contributed by atoms with van der Waals surface area (Å²) < 4.78 is 32.1. The molecule has 3 rings (SSSR count). The minimum absolute atomic E-state index is 0.195. The minimum atomic E-state index is -3.67. The van der Waals surface area contributed by atoms with E-state index in [2.05, 4.69) is 0 Å². The number of hydrogen-bond donors (Lipinski definition) is 0. The Labute approximate surface area is 173 Å². The van der Waals surface area contributed by atoms with Gasteiger partial charge in [0.25, 0.3) is 5.91 Å². The number of aryl methyl sites for hydroxylation is 1. The first-order valence-corrected chi connectivity index (χ1v) is 11.8. The number of ether oxygens (including phenoxy) is 1. The van der Waals surface area contributed by atoms with Crippen LogP contribution < -0.4 is 13.9 Å². The molecule has 156 valence electrons. The lowest BCUT2D eigenvalue weighted by Crippen LogP contribution is -2.52. The lowest BCUT2D eigenvalue weighted by atomic mass is 10.0. The molecule has 0 aromatic heterocycles. The number of benzene rings is 2. The van der Waals surface area contributed by atoms with Crippen LogP contribution in [0.1, 0.15) is 32.3 Å². The van der Waals surface area contributed by atoms with Gasteiger partial charge in [-0.2, -0.15) is 0 Å². The SMILES string of the molecule is CCOc1ccc(N([C@@H](CC)C(=O)N2CCCc3ccccc32)S(C)(=O)=O)cc1. The van der Waals surface area contributed by atoms with Gasteiger partial charge in [-0.1, -0.05) is 25.1 Å². The van der Waals surface area contributed by atoms with Crippen LogP contribution in [-0.2, 0) is 21.2 Å². The fourth-order valence-corrected chi connectivity index (χ4v) is 5.05. The second-order valence-electron chi connectivity index (χ2n) is 7.13. The van der Waals surface area contributed by atoms with Crippen LogP contribution in [0.25, 0.3) is 0 Å². The zero-order valence-electron chi connectivity index (χ0n) is 17.2. The van der Waals surface area contributed by atoms with Crippen LogP contribution in [0.15, 0.2) is 48.5 Å². The van der Waals surface area contributed by atoms with Crippen molar-refractivity contribution in [2.75, 3.05) is 28.6 Å². The Hall–Kier alpha value is -2.54. The maximum Gasteiger partial charge on any atom is 0.250 e. The number of para-hydroxylation sites is 1. The van der Waals surface area contributed by atoms with Crippen molar-refractivity contribution < 1.29 is 17.9 Å². The van der Waals surface area contributed by atoms with Crippen LogP contribution in [0, 0.1) is 0 Å². The Morgan fingerprint density at radius 1 is 1.14 bits per heavy atom. The molecule has 1 aliphatic heterocycles. The Balaban J connectivity index is 1.97. The van der Waals surface area contributed by atoms with Crippen LogP contribution >= 0.6 is 0 Å². The standard InChI is InChI=1S/C22H28N2O4S/c1-4-20(22(25)23-16-8-10-17-9-6-7-11-21(17)23)24(29(3,26)27)18-12-14-19(15-13-18)28-5-2/h6-7,9,11-15,20H,4-5,8,10,16H2,1-3H3/t20-/m0/s1. The maximum atomic E-state index is 13.5. The molecule has 1 heterocycles. The highest BCUT2D eigenvalue weighted by Crippen LogP contribution is 2.31. The maximum absolute atomic E-state index is 13.5. The number of amides is 1. The van der Waals surface area contributed by atoms with Gasteiger partial charge in [0.15, 0.2) is 0 Å². The molecule has 2 aromatic rings. The summed E-state index contributed by atoms with van der Waals surface area (Å²) in [7, 11) is -3.67. The second kappa shape index (κ2) is 8.86. The molecule has 1 amide bonds. The smallest absolute Gasteiger partial charge is 0.250 e. The average Bonchev–Trinajstić information content (AvgIpc) is 2.71. The highest BCUT2D eigenvalue weighted by molar-refractivity contribution is 7.92. The molecule has 0 saturated heterocycles. The molecule has 0 spiro atoms. The van der Waals surface area contributed by atoms with E-state index in [0.717, 1.165) is 30.3 Å². The Kier molecular flexibility index (Phi) is 6.47. The molecule has 0 aliphatic carbocycles. The molecule has 0 fully saturated rings. The summed E-state index contributed by atoms with van der Waals surface area (Å²) in [6.07, 6.45) is 3.30. The third-order valence-electron chi connectivity index (χ3n) is 5.09. The minimum Gasteiger partial charge on any atom is -0.494 e. The lowest BCUT2D eigenvalue weighted by Gasteiger charge is -2.36. The van der Waals surface area contributed by atoms with Gasteiger partial charge in [0, 0.05) is 12.2 Å². The normalized spacial score (nSPS) is 14.8. The summed E-state index contributed by atoms with van der Waals surface area (Å²) in [5.41, 5.74) is 2.46. The second-order valence-corrected chi connectivity index (χ2v) is 8.99. The van der Waals surface area contributed by atoms with Crippen molar-refractivity contribution in [3.05, 3.63) is 54.1 Å². The molecule has 7 heteroatoms. The third-order valence-corrected chi connectivity index (χ3v) is 6.27. The highest BCUT2D eigenvalue weighted by atomic mass is 32.2. The van der Waals surface area contributed by atoms with Crippen molar-refractivity contribution in [2.45, 2.75) is 39.2 Å². The fraction of sp³-hybridized carbons (Fsp3) is 0.409. The van der Waals surface area contributed by atoms with E-state index in [1.54, 1.807) is 29.2 Å². The quantitative estimate of drug-likeness (QED) is 0.692. The Morgan fingerprint density at radius 2 is 1.83 bits per heavy atom. The van der Waals surface area contributed by atoms with Crippen molar-refractivity contribution in [2.24, 2.45) is 0 Å². The number of hydrogen-bond acceptors (Lipinski definition) is 4. The summed E-state index contributed by atoms with van der Waals surface area (Å²) in [5.74, 6) is 0.466. The molecule has 1 atom stereocenters. The summed E-state index contributed by atoms with van der Waals surface area (Å²) in [4.78, 5) is 15.3. The number of nitrogens with zero attached hydrogens (tertiary/aromatic N) is 2. The first-order chi connectivity index (χ1) is 13.9. The van der Waals surface area contributed by atoms with Gasteiger partial charge >= 0.3 is 0 Å². The Morgan fingerprint density at radius 3 is 2.45 bits per heavy atom. The molecule has 0 radical (unpaired) electrons. The first kappa shape index (κ1) is 21.2. The number of carbonyl (C=O) groups excluding carboxylic acids is 1. The molecule has 2 aromatic carbocycles. The Bertz CT molecular complexity index is 957. The number of fused-ring (bicyclic) bond motifs is 1. The third kappa shape index (κ3) is 4.56. The van der Waals surface area contributed by atoms with E-state index < -0.39 is 16.1 Å². The summed E-state index contributed by atoms with van der Waals surface area (Å²) in [5, 5.41) is 0. The van der Waals surface area contributed by atoms with E-state index in [1.165, 1.54) is 4.31 Å². The van der Waals surface area contributed by atoms with E-state index in [-0.39, 0.29) is 5.91 Å². The number of rotatable bonds is 7. The fourth-order valence-electron chi connectivity index (χ4n) is 3.84. The van der Waals surface area contributed by atoms with Gasteiger partial charge in [-0.3, -0.25) is 9.10 Å². The van der Waals surface area contributed by atoms with Crippen LogP contribution in [-0.4, -0.2) is 39.8 Å². The molecule has 0 saturated carbocycles. The largest absolute Gasteiger partial charge is 0.494 e. The predicted molar refractivity (Wildman–Crippen MR) is 116 cm³/mol. The van der Waals surface area contributed by atoms with Crippen LogP contribution in [0.5, 0.6) is 5.75 Å². The zero-order valence-corrected chi connectivity index (χ0v) is 18.0. The van der Waals surface area contributed by atoms with Crippen LogP contribution in [0.4, 0.5) is 11.4 Å². The number of carbonyl (C=O) groups is 1. The molecule has 0 unspecified atom stereocenters. The first-order valence-electron chi connectivity index (χ1n) is 9.98. The van der Waals surface area contributed by atoms with E-state index in [9.17, 15) is 13.2 Å². The molecule has 6 nitrogen and oxygen atoms in total. The summed E-state index contributed by atoms with van der Waals surface area (Å²) >= 11 is 0. The number of sulfonamides is 1. The van der Waals surface area contributed by atoms with Gasteiger partial charge in [0.2, 0.25) is 10.0 Å². The molecule has 0 N–H and O–H groups in total. The topological polar surface area (TPSA) is 66.9 Å². The van der Waals surface area contributed by atoms with E-state index in [0.29, 0.717) is 31.0 Å². The highest BCUT2D eigenvalue weighted by Gasteiger charge is 2.36.